The van der Waals surface area contributed by atoms with Gasteiger partial charge in [-0.2, -0.15) is 5.10 Å². The first kappa shape index (κ1) is 22.0. The molecule has 1 amide bonds. The highest BCUT2D eigenvalue weighted by molar-refractivity contribution is 7.99. The standard InChI is InChI=1S/C24H24N6O3S/c1-2-3-12-32-18-8-6-17(7-9-18)20-14-21-23-26-27-24(29(23)10-11-30(21)28-20)34-16-22(31)25-15-19-5-4-13-33-19/h4-11,13-14H,2-3,12,15-16H2,1H3,(H,25,31). The zero-order chi connectivity index (χ0) is 23.3. The predicted molar refractivity (Wildman–Crippen MR) is 129 cm³/mol. The van der Waals surface area contributed by atoms with Crippen LogP contribution in [0, 0.1) is 0 Å². The molecule has 0 aliphatic heterocycles. The van der Waals surface area contributed by atoms with E-state index in [2.05, 4.69) is 27.5 Å². The summed E-state index contributed by atoms with van der Waals surface area (Å²) < 4.78 is 14.6. The van der Waals surface area contributed by atoms with Gasteiger partial charge in [-0.3, -0.25) is 9.20 Å². The molecular formula is C24H24N6O3S. The number of hydrogen-bond acceptors (Lipinski definition) is 7. The van der Waals surface area contributed by atoms with Crippen molar-refractivity contribution in [2.24, 2.45) is 0 Å². The summed E-state index contributed by atoms with van der Waals surface area (Å²) >= 11 is 1.33. The molecule has 1 N–H and O–H groups in total. The average Bonchev–Trinajstić information content (AvgIpc) is 3.61. The van der Waals surface area contributed by atoms with Crippen molar-refractivity contribution < 1.29 is 13.9 Å². The number of nitrogens with zero attached hydrogens (tertiary/aromatic N) is 5. The van der Waals surface area contributed by atoms with Gasteiger partial charge < -0.3 is 14.5 Å². The molecule has 4 aromatic heterocycles. The maximum atomic E-state index is 12.2. The summed E-state index contributed by atoms with van der Waals surface area (Å²) in [5.74, 6) is 1.69. The molecule has 0 radical (unpaired) electrons. The molecule has 10 heteroatoms. The summed E-state index contributed by atoms with van der Waals surface area (Å²) in [6.45, 7) is 3.23. The van der Waals surface area contributed by atoms with E-state index in [1.807, 2.05) is 53.2 Å². The van der Waals surface area contributed by atoms with Crippen LogP contribution in [0.2, 0.25) is 0 Å². The summed E-state index contributed by atoms with van der Waals surface area (Å²) in [4.78, 5) is 12.2. The summed E-state index contributed by atoms with van der Waals surface area (Å²) in [6, 6.07) is 13.5. The fourth-order valence-corrected chi connectivity index (χ4v) is 4.21. The van der Waals surface area contributed by atoms with Crippen LogP contribution in [0.3, 0.4) is 0 Å². The van der Waals surface area contributed by atoms with Crippen LogP contribution in [-0.2, 0) is 11.3 Å². The highest BCUT2D eigenvalue weighted by atomic mass is 32.2. The molecule has 1 aromatic carbocycles. The van der Waals surface area contributed by atoms with Crippen molar-refractivity contribution in [3.05, 3.63) is 66.9 Å². The molecule has 9 nitrogen and oxygen atoms in total. The van der Waals surface area contributed by atoms with Crippen molar-refractivity contribution in [3.8, 4) is 17.0 Å². The highest BCUT2D eigenvalue weighted by Gasteiger charge is 2.14. The Balaban J connectivity index is 1.29. The number of benzene rings is 1. The van der Waals surface area contributed by atoms with Crippen LogP contribution < -0.4 is 10.1 Å². The molecule has 0 saturated heterocycles. The monoisotopic (exact) mass is 476 g/mol. The Bertz CT molecular complexity index is 1390. The Morgan fingerprint density at radius 3 is 2.85 bits per heavy atom. The number of amides is 1. The molecule has 0 aliphatic rings. The number of aromatic nitrogens is 5. The molecule has 174 valence electrons. The smallest absolute Gasteiger partial charge is 0.230 e. The van der Waals surface area contributed by atoms with Crippen molar-refractivity contribution in [2.45, 2.75) is 31.5 Å². The van der Waals surface area contributed by atoms with Crippen molar-refractivity contribution in [1.29, 1.82) is 0 Å². The SMILES string of the molecule is CCCCOc1ccc(-c2cc3c4nnc(SCC(=O)NCc5ccco5)n4ccn3n2)cc1. The highest BCUT2D eigenvalue weighted by Crippen LogP contribution is 2.25. The van der Waals surface area contributed by atoms with E-state index in [4.69, 9.17) is 9.15 Å². The van der Waals surface area contributed by atoms with Crippen LogP contribution in [0.15, 0.2) is 70.7 Å². The zero-order valence-electron chi connectivity index (χ0n) is 18.7. The number of nitrogens with one attached hydrogen (secondary N) is 1. The molecule has 0 spiro atoms. The Hall–Kier alpha value is -3.79. The second kappa shape index (κ2) is 10.0. The van der Waals surface area contributed by atoms with E-state index in [9.17, 15) is 4.79 Å². The molecule has 0 aliphatic carbocycles. The Kier molecular flexibility index (Phi) is 6.48. The van der Waals surface area contributed by atoms with E-state index < -0.39 is 0 Å². The third kappa shape index (κ3) is 4.76. The van der Waals surface area contributed by atoms with Gasteiger partial charge >= 0.3 is 0 Å². The van der Waals surface area contributed by atoms with Crippen molar-refractivity contribution in [3.63, 3.8) is 0 Å². The van der Waals surface area contributed by atoms with Gasteiger partial charge in [0.05, 0.1) is 30.9 Å². The molecule has 5 aromatic rings. The number of ether oxygens (including phenoxy) is 1. The van der Waals surface area contributed by atoms with E-state index in [1.165, 1.54) is 11.8 Å². The lowest BCUT2D eigenvalue weighted by molar-refractivity contribution is -0.118. The molecule has 4 heterocycles. The van der Waals surface area contributed by atoms with E-state index in [0.717, 1.165) is 42.0 Å². The third-order valence-corrected chi connectivity index (χ3v) is 6.22. The van der Waals surface area contributed by atoms with Crippen molar-refractivity contribution >= 4 is 28.8 Å². The summed E-state index contributed by atoms with van der Waals surface area (Å²) in [5.41, 5.74) is 3.34. The van der Waals surface area contributed by atoms with E-state index in [1.54, 1.807) is 16.8 Å². The Labute approximate surface area is 200 Å². The first-order valence-corrected chi connectivity index (χ1v) is 12.1. The fourth-order valence-electron chi connectivity index (χ4n) is 3.47. The first-order valence-electron chi connectivity index (χ1n) is 11.1. The normalized spacial score (nSPS) is 11.3. The molecule has 0 saturated carbocycles. The second-order valence-corrected chi connectivity index (χ2v) is 8.65. The maximum absolute atomic E-state index is 12.2. The number of carbonyl (C=O) groups is 1. The molecular weight excluding hydrogens is 452 g/mol. The van der Waals surface area contributed by atoms with Crippen LogP contribution in [0.1, 0.15) is 25.5 Å². The number of thioether (sulfide) groups is 1. The lowest BCUT2D eigenvalue weighted by Gasteiger charge is -2.05. The van der Waals surface area contributed by atoms with E-state index >= 15 is 0 Å². The second-order valence-electron chi connectivity index (χ2n) is 7.70. The minimum atomic E-state index is -0.104. The van der Waals surface area contributed by atoms with E-state index in [-0.39, 0.29) is 11.7 Å². The van der Waals surface area contributed by atoms with Gasteiger partial charge in [0.2, 0.25) is 5.91 Å². The van der Waals surface area contributed by atoms with Gasteiger partial charge in [0, 0.05) is 18.0 Å². The lowest BCUT2D eigenvalue weighted by atomic mass is 10.1. The largest absolute Gasteiger partial charge is 0.494 e. The fraction of sp³-hybridized carbons (Fsp3) is 0.250. The number of carbonyl (C=O) groups excluding carboxylic acids is 1. The number of hydrogen-bond donors (Lipinski definition) is 1. The van der Waals surface area contributed by atoms with Gasteiger partial charge in [-0.1, -0.05) is 25.1 Å². The minimum Gasteiger partial charge on any atom is -0.494 e. The van der Waals surface area contributed by atoms with Crippen LogP contribution >= 0.6 is 11.8 Å². The molecule has 5 rings (SSSR count). The van der Waals surface area contributed by atoms with Gasteiger partial charge in [0.25, 0.3) is 0 Å². The number of fused-ring (bicyclic) bond motifs is 3. The number of unbranched alkanes of at least 4 members (excludes halogenated alkanes) is 1. The molecule has 0 fully saturated rings. The van der Waals surface area contributed by atoms with E-state index in [0.29, 0.717) is 23.1 Å². The van der Waals surface area contributed by atoms with Gasteiger partial charge in [-0.25, -0.2) is 4.52 Å². The predicted octanol–water partition coefficient (Wildman–Crippen LogP) is 4.22. The Morgan fingerprint density at radius 2 is 2.06 bits per heavy atom. The number of furan rings is 1. The van der Waals surface area contributed by atoms with Crippen molar-refractivity contribution in [2.75, 3.05) is 12.4 Å². The lowest BCUT2D eigenvalue weighted by Crippen LogP contribution is -2.24. The van der Waals surface area contributed by atoms with Gasteiger partial charge in [-0.05, 0) is 48.9 Å². The maximum Gasteiger partial charge on any atom is 0.230 e. The first-order chi connectivity index (χ1) is 16.7. The quantitative estimate of drug-likeness (QED) is 0.238. The summed E-state index contributed by atoms with van der Waals surface area (Å²) in [7, 11) is 0. The van der Waals surface area contributed by atoms with Crippen LogP contribution in [0.4, 0.5) is 0 Å². The van der Waals surface area contributed by atoms with Crippen LogP contribution in [0.5, 0.6) is 5.75 Å². The molecule has 0 unspecified atom stereocenters. The van der Waals surface area contributed by atoms with Crippen LogP contribution in [0.25, 0.3) is 22.4 Å². The summed E-state index contributed by atoms with van der Waals surface area (Å²) in [6.07, 6.45) is 7.44. The van der Waals surface area contributed by atoms with Gasteiger partial charge in [0.1, 0.15) is 17.0 Å². The summed E-state index contributed by atoms with van der Waals surface area (Å²) in [5, 5.41) is 16.8. The average molecular weight is 477 g/mol. The van der Waals surface area contributed by atoms with Crippen molar-refractivity contribution in [1.82, 2.24) is 29.5 Å². The minimum absolute atomic E-state index is 0.104. The third-order valence-electron chi connectivity index (χ3n) is 5.28. The topological polar surface area (TPSA) is 99.0 Å². The van der Waals surface area contributed by atoms with Gasteiger partial charge in [0.15, 0.2) is 10.8 Å². The van der Waals surface area contributed by atoms with Gasteiger partial charge in [-0.15, -0.1) is 10.2 Å². The zero-order valence-corrected chi connectivity index (χ0v) is 19.5. The molecule has 34 heavy (non-hydrogen) atoms. The van der Waals surface area contributed by atoms with Crippen LogP contribution in [-0.4, -0.2) is 42.5 Å². The molecule has 0 atom stereocenters. The molecule has 0 bridgehead atoms. The Morgan fingerprint density at radius 1 is 1.18 bits per heavy atom. The number of rotatable bonds is 10.